The Labute approximate surface area is 222 Å². The van der Waals surface area contributed by atoms with Crippen molar-refractivity contribution in [3.05, 3.63) is 142 Å². The fraction of sp³-hybridized carbons (Fsp3) is 0.135. The highest BCUT2D eigenvalue weighted by Gasteiger charge is 2.46. The molecule has 0 aliphatic heterocycles. The second kappa shape index (κ2) is 6.94. The quantitative estimate of drug-likeness (QED) is 0.223. The molecule has 9 rings (SSSR count). The van der Waals surface area contributed by atoms with E-state index in [9.17, 15) is 0 Å². The van der Waals surface area contributed by atoms with Crippen LogP contribution < -0.4 is 0 Å². The van der Waals surface area contributed by atoms with Crippen molar-refractivity contribution in [3.63, 3.8) is 0 Å². The van der Waals surface area contributed by atoms with Crippen LogP contribution >= 0.6 is 0 Å². The lowest BCUT2D eigenvalue weighted by Gasteiger charge is -2.40. The number of aromatic nitrogens is 1. The molecule has 180 valence electrons. The number of hydrogen-bond donors (Lipinski definition) is 0. The molecule has 1 heterocycles. The highest BCUT2D eigenvalue weighted by atomic mass is 15.0. The van der Waals surface area contributed by atoms with E-state index in [-0.39, 0.29) is 5.41 Å². The summed E-state index contributed by atoms with van der Waals surface area (Å²) in [5.41, 5.74) is 15.4. The molecule has 4 aliphatic carbocycles. The Kier molecular flexibility index (Phi) is 3.77. The zero-order valence-corrected chi connectivity index (χ0v) is 21.6. The van der Waals surface area contributed by atoms with E-state index in [1.807, 2.05) is 0 Å². The van der Waals surface area contributed by atoms with Gasteiger partial charge in [0.05, 0.1) is 11.0 Å². The Balaban J connectivity index is 1.36. The molecule has 0 radical (unpaired) electrons. The van der Waals surface area contributed by atoms with Gasteiger partial charge in [-0.25, -0.2) is 0 Å². The fourth-order valence-corrected chi connectivity index (χ4v) is 7.94. The first-order chi connectivity index (χ1) is 18.6. The van der Waals surface area contributed by atoms with Gasteiger partial charge < -0.3 is 4.57 Å². The van der Waals surface area contributed by atoms with Crippen molar-refractivity contribution in [1.29, 1.82) is 0 Å². The Morgan fingerprint density at radius 2 is 1.55 bits per heavy atom. The summed E-state index contributed by atoms with van der Waals surface area (Å²) < 4.78 is 2.44. The van der Waals surface area contributed by atoms with Crippen LogP contribution in [0.25, 0.3) is 45.2 Å². The van der Waals surface area contributed by atoms with E-state index in [0.717, 1.165) is 0 Å². The lowest BCUT2D eigenvalue weighted by atomic mass is 9.63. The summed E-state index contributed by atoms with van der Waals surface area (Å²) in [7, 11) is 0. The summed E-state index contributed by atoms with van der Waals surface area (Å²) in [5, 5.41) is 2.70. The van der Waals surface area contributed by atoms with Crippen LogP contribution in [0.15, 0.2) is 114 Å². The number of benzene rings is 4. The average Bonchev–Trinajstić information content (AvgIpc) is 3.41. The third-order valence-electron chi connectivity index (χ3n) is 9.54. The molecule has 0 spiro atoms. The highest BCUT2D eigenvalue weighted by molar-refractivity contribution is 6.15. The number of allylic oxidation sites excluding steroid dienone is 6. The molecule has 1 heteroatoms. The Bertz CT molecular complexity index is 1990. The van der Waals surface area contributed by atoms with Crippen molar-refractivity contribution in [2.45, 2.75) is 25.2 Å². The molecule has 4 aromatic carbocycles. The van der Waals surface area contributed by atoms with Gasteiger partial charge >= 0.3 is 0 Å². The molecular formula is C37H27N. The maximum atomic E-state index is 2.52. The first kappa shape index (κ1) is 20.7. The van der Waals surface area contributed by atoms with Gasteiger partial charge in [0.1, 0.15) is 0 Å². The molecular weight excluding hydrogens is 458 g/mol. The van der Waals surface area contributed by atoms with E-state index < -0.39 is 0 Å². The van der Waals surface area contributed by atoms with Gasteiger partial charge in [-0.1, -0.05) is 105 Å². The molecule has 1 nitrogen and oxygen atoms in total. The largest absolute Gasteiger partial charge is 0.309 e. The standard InChI is InChI=1S/C37H27N/c1-37(2)29-14-8-6-12-25(29)35-27-18-17-23-21-32-36(28-19-16-22(20-30(35)37)33(27)34(23)28)26-13-7-9-15-31(26)38(32)24-10-4-3-5-11-24/h3-21,27,33H,1-2H3. The molecule has 2 unspecified atom stereocenters. The molecule has 0 saturated heterocycles. The topological polar surface area (TPSA) is 4.93 Å². The zero-order chi connectivity index (χ0) is 25.2. The normalized spacial score (nSPS) is 21.5. The van der Waals surface area contributed by atoms with Crippen molar-refractivity contribution in [2.24, 2.45) is 5.92 Å². The third-order valence-corrected chi connectivity index (χ3v) is 9.54. The van der Waals surface area contributed by atoms with Crippen molar-refractivity contribution >= 4 is 39.5 Å². The summed E-state index contributed by atoms with van der Waals surface area (Å²) in [6.45, 7) is 4.79. The van der Waals surface area contributed by atoms with Crippen LogP contribution in [0.1, 0.15) is 47.6 Å². The van der Waals surface area contributed by atoms with Crippen LogP contribution in [0.4, 0.5) is 0 Å². The molecule has 0 bridgehead atoms. The van der Waals surface area contributed by atoms with Gasteiger partial charge in [0.15, 0.2) is 0 Å². The van der Waals surface area contributed by atoms with Gasteiger partial charge in [0.25, 0.3) is 0 Å². The molecule has 0 saturated carbocycles. The molecule has 38 heavy (non-hydrogen) atoms. The monoisotopic (exact) mass is 485 g/mol. The second-order valence-corrected chi connectivity index (χ2v) is 11.7. The Hall–Kier alpha value is -4.36. The number of para-hydroxylation sites is 2. The van der Waals surface area contributed by atoms with Crippen LogP contribution in [0, 0.1) is 5.92 Å². The van der Waals surface area contributed by atoms with Crippen LogP contribution in [0.5, 0.6) is 0 Å². The van der Waals surface area contributed by atoms with Gasteiger partial charge in [-0.05, 0) is 68.8 Å². The van der Waals surface area contributed by atoms with E-state index in [4.69, 9.17) is 0 Å². The van der Waals surface area contributed by atoms with Crippen LogP contribution in [0.3, 0.4) is 0 Å². The first-order valence-electron chi connectivity index (χ1n) is 13.7. The number of fused-ring (bicyclic) bond motifs is 7. The third kappa shape index (κ3) is 2.38. The van der Waals surface area contributed by atoms with Gasteiger partial charge in [0, 0.05) is 33.7 Å². The average molecular weight is 486 g/mol. The minimum Gasteiger partial charge on any atom is -0.309 e. The molecule has 0 amide bonds. The smallest absolute Gasteiger partial charge is 0.0553 e. The van der Waals surface area contributed by atoms with E-state index in [1.165, 1.54) is 72.0 Å². The molecule has 1 aromatic heterocycles. The lowest BCUT2D eigenvalue weighted by Crippen LogP contribution is -2.26. The minimum absolute atomic E-state index is 0.0270. The van der Waals surface area contributed by atoms with Gasteiger partial charge in [-0.2, -0.15) is 0 Å². The van der Waals surface area contributed by atoms with Crippen LogP contribution in [0.2, 0.25) is 0 Å². The maximum Gasteiger partial charge on any atom is 0.0553 e. The van der Waals surface area contributed by atoms with E-state index in [0.29, 0.717) is 11.8 Å². The molecule has 0 fully saturated rings. The second-order valence-electron chi connectivity index (χ2n) is 11.7. The summed E-state index contributed by atoms with van der Waals surface area (Å²) in [6.07, 6.45) is 12.3. The van der Waals surface area contributed by atoms with Crippen molar-refractivity contribution in [2.75, 3.05) is 0 Å². The molecule has 0 N–H and O–H groups in total. The summed E-state index contributed by atoms with van der Waals surface area (Å²) in [5.74, 6) is 0.725. The van der Waals surface area contributed by atoms with E-state index in [1.54, 1.807) is 0 Å². The number of rotatable bonds is 1. The van der Waals surface area contributed by atoms with Crippen LogP contribution in [-0.4, -0.2) is 4.57 Å². The lowest BCUT2D eigenvalue weighted by molar-refractivity contribution is 0.628. The van der Waals surface area contributed by atoms with Gasteiger partial charge in [-0.15, -0.1) is 0 Å². The van der Waals surface area contributed by atoms with Crippen LogP contribution in [-0.2, 0) is 5.41 Å². The SMILES string of the molecule is CC1(C)C2=C(c3ccccc31)C1C=Cc3cc4c(c5c3C1C(=C2)C=C5)c1ccccc1n4-c1ccccc1. The van der Waals surface area contributed by atoms with E-state index >= 15 is 0 Å². The predicted octanol–water partition coefficient (Wildman–Crippen LogP) is 9.22. The Morgan fingerprint density at radius 3 is 2.45 bits per heavy atom. The zero-order valence-electron chi connectivity index (χ0n) is 21.6. The highest BCUT2D eigenvalue weighted by Crippen LogP contribution is 2.60. The van der Waals surface area contributed by atoms with Crippen molar-refractivity contribution in [1.82, 2.24) is 4.57 Å². The summed E-state index contributed by atoms with van der Waals surface area (Å²) >= 11 is 0. The number of nitrogens with zero attached hydrogens (tertiary/aromatic N) is 1. The predicted molar refractivity (Wildman–Crippen MR) is 160 cm³/mol. The Morgan fingerprint density at radius 1 is 0.763 bits per heavy atom. The number of hydrogen-bond acceptors (Lipinski definition) is 0. The van der Waals surface area contributed by atoms with Crippen molar-refractivity contribution in [3.8, 4) is 5.69 Å². The fourth-order valence-electron chi connectivity index (χ4n) is 7.94. The maximum absolute atomic E-state index is 2.52. The van der Waals surface area contributed by atoms with Gasteiger partial charge in [0.2, 0.25) is 0 Å². The van der Waals surface area contributed by atoms with Crippen molar-refractivity contribution < 1.29 is 0 Å². The molecule has 5 aromatic rings. The minimum atomic E-state index is 0.0270. The summed E-state index contributed by atoms with van der Waals surface area (Å²) in [4.78, 5) is 0. The molecule has 4 aliphatic rings. The molecule has 2 atom stereocenters. The van der Waals surface area contributed by atoms with E-state index in [2.05, 4.69) is 134 Å². The first-order valence-corrected chi connectivity index (χ1v) is 13.7. The van der Waals surface area contributed by atoms with Gasteiger partial charge in [-0.3, -0.25) is 0 Å². The summed E-state index contributed by atoms with van der Waals surface area (Å²) in [6, 6.07) is 31.2.